The van der Waals surface area contributed by atoms with E-state index in [2.05, 4.69) is 19.7 Å². The maximum Gasteiger partial charge on any atom is 0.262 e. The predicted octanol–water partition coefficient (Wildman–Crippen LogP) is 3.83. The van der Waals surface area contributed by atoms with Crippen molar-refractivity contribution in [3.8, 4) is 11.1 Å². The molecular formula is C28H28F2N8O4S2. The zero-order chi connectivity index (χ0) is 31.4. The molecule has 0 atom stereocenters. The first-order valence-corrected chi connectivity index (χ1v) is 16.5. The van der Waals surface area contributed by atoms with Crippen molar-refractivity contribution in [1.82, 2.24) is 28.4 Å². The molecule has 16 heteroatoms. The molecule has 5 aromatic rings. The zero-order valence-corrected chi connectivity index (χ0v) is 25.3. The summed E-state index contributed by atoms with van der Waals surface area (Å²) in [5, 5.41) is 0.501. The summed E-state index contributed by atoms with van der Waals surface area (Å²) in [6.07, 6.45) is 5.58. The maximum absolute atomic E-state index is 15.3. The predicted molar refractivity (Wildman–Crippen MR) is 160 cm³/mol. The van der Waals surface area contributed by atoms with Gasteiger partial charge in [-0.1, -0.05) is 6.07 Å². The van der Waals surface area contributed by atoms with Crippen LogP contribution in [0.2, 0.25) is 0 Å². The Hall–Kier alpha value is -4.41. The SMILES string of the molecule is Cc1nc(S(=O)(=O)N2CCC(n3cc(-c4ccc(NS(=O)(=O)c5ccc(F)cc5)c(F)c4)c4c(N)ncnc43)CC2)cn1C. The number of anilines is 2. The van der Waals surface area contributed by atoms with Crippen LogP contribution in [0.4, 0.5) is 20.3 Å². The van der Waals surface area contributed by atoms with Gasteiger partial charge in [0.05, 0.1) is 16.0 Å². The molecule has 230 valence electrons. The molecule has 1 aliphatic rings. The van der Waals surface area contributed by atoms with Crippen LogP contribution in [0, 0.1) is 18.6 Å². The molecule has 0 amide bonds. The minimum absolute atomic E-state index is 0.00981. The van der Waals surface area contributed by atoms with Gasteiger partial charge in [0.1, 0.15) is 35.3 Å². The molecule has 12 nitrogen and oxygen atoms in total. The topological polar surface area (TPSA) is 158 Å². The van der Waals surface area contributed by atoms with Crippen LogP contribution in [-0.4, -0.2) is 58.3 Å². The molecule has 0 radical (unpaired) electrons. The minimum Gasteiger partial charge on any atom is -0.383 e. The van der Waals surface area contributed by atoms with Gasteiger partial charge >= 0.3 is 0 Å². The monoisotopic (exact) mass is 642 g/mol. The smallest absolute Gasteiger partial charge is 0.262 e. The molecule has 0 bridgehead atoms. The first kappa shape index (κ1) is 29.7. The van der Waals surface area contributed by atoms with Crippen molar-refractivity contribution < 1.29 is 25.6 Å². The second-order valence-electron chi connectivity index (χ2n) is 10.5. The molecule has 3 N–H and O–H groups in total. The number of hydrogen-bond donors (Lipinski definition) is 2. The highest BCUT2D eigenvalue weighted by Gasteiger charge is 2.33. The van der Waals surface area contributed by atoms with Crippen LogP contribution in [0.1, 0.15) is 24.7 Å². The van der Waals surface area contributed by atoms with Crippen LogP contribution in [0.5, 0.6) is 0 Å². The number of imidazole rings is 1. The number of nitrogens with zero attached hydrogens (tertiary/aromatic N) is 6. The first-order chi connectivity index (χ1) is 20.8. The van der Waals surface area contributed by atoms with Crippen molar-refractivity contribution in [2.45, 2.75) is 35.7 Å². The number of piperidine rings is 1. The van der Waals surface area contributed by atoms with Gasteiger partial charge < -0.3 is 14.9 Å². The summed E-state index contributed by atoms with van der Waals surface area (Å²) in [5.41, 5.74) is 7.41. The summed E-state index contributed by atoms with van der Waals surface area (Å²) in [7, 11) is -6.19. The van der Waals surface area contributed by atoms with Gasteiger partial charge in [-0.3, -0.25) is 4.72 Å². The van der Waals surface area contributed by atoms with Gasteiger partial charge in [0.2, 0.25) is 0 Å². The molecule has 0 aliphatic carbocycles. The molecule has 1 saturated heterocycles. The summed E-state index contributed by atoms with van der Waals surface area (Å²) in [6, 6.07) is 8.04. The number of rotatable bonds is 7. The summed E-state index contributed by atoms with van der Waals surface area (Å²) in [6.45, 7) is 2.25. The van der Waals surface area contributed by atoms with E-state index in [0.29, 0.717) is 40.8 Å². The number of nitrogens with two attached hydrogens (primary N) is 1. The second-order valence-corrected chi connectivity index (χ2v) is 14.1. The van der Waals surface area contributed by atoms with Gasteiger partial charge in [0, 0.05) is 44.1 Å². The summed E-state index contributed by atoms with van der Waals surface area (Å²) in [5.74, 6) is -0.669. The number of aryl methyl sites for hydroxylation is 2. The molecule has 0 unspecified atom stereocenters. The summed E-state index contributed by atoms with van der Waals surface area (Å²) in [4.78, 5) is 12.5. The van der Waals surface area contributed by atoms with E-state index >= 15 is 4.39 Å². The molecule has 2 aromatic carbocycles. The highest BCUT2D eigenvalue weighted by molar-refractivity contribution is 7.92. The fourth-order valence-corrected chi connectivity index (χ4v) is 7.89. The summed E-state index contributed by atoms with van der Waals surface area (Å²) >= 11 is 0. The number of nitrogens with one attached hydrogen (secondary N) is 1. The van der Waals surface area contributed by atoms with Gasteiger partial charge in [0.25, 0.3) is 20.0 Å². The standard InChI is InChI=1S/C28H28F2N8O4S2/c1-17-34-25(15-36(17)2)44(41,42)37-11-9-20(10-12-37)38-14-22(26-27(31)32-16-33-28(26)38)18-3-8-24(23(30)13-18)35-43(39,40)21-6-4-19(29)5-7-21/h3-8,13-16,20,35H,9-12H2,1-2H3,(H2,31,32,33). The normalized spacial score (nSPS) is 15.2. The second kappa shape index (κ2) is 10.9. The van der Waals surface area contributed by atoms with Crippen LogP contribution in [-0.2, 0) is 27.1 Å². The van der Waals surface area contributed by atoms with Gasteiger partial charge in [-0.15, -0.1) is 0 Å². The van der Waals surface area contributed by atoms with E-state index in [1.165, 1.54) is 29.0 Å². The lowest BCUT2D eigenvalue weighted by molar-refractivity contribution is 0.277. The molecule has 4 heterocycles. The van der Waals surface area contributed by atoms with Crippen molar-refractivity contribution in [3.05, 3.63) is 78.6 Å². The Morgan fingerprint density at radius 1 is 0.977 bits per heavy atom. The van der Waals surface area contributed by atoms with Gasteiger partial charge in [-0.05, 0) is 61.7 Å². The van der Waals surface area contributed by atoms with Crippen molar-refractivity contribution in [1.29, 1.82) is 0 Å². The Bertz CT molecular complexity index is 2090. The van der Waals surface area contributed by atoms with Crippen molar-refractivity contribution >= 4 is 42.6 Å². The third kappa shape index (κ3) is 5.28. The van der Waals surface area contributed by atoms with Crippen molar-refractivity contribution in [2.75, 3.05) is 23.5 Å². The number of benzene rings is 2. The lowest BCUT2D eigenvalue weighted by atomic mass is 10.1. The van der Waals surface area contributed by atoms with Crippen LogP contribution in [0.25, 0.3) is 22.2 Å². The minimum atomic E-state index is -4.17. The molecular weight excluding hydrogens is 614 g/mol. The number of fused-ring (bicyclic) bond motifs is 1. The lowest BCUT2D eigenvalue weighted by Gasteiger charge is -2.31. The van der Waals surface area contributed by atoms with E-state index in [1.54, 1.807) is 30.8 Å². The highest BCUT2D eigenvalue weighted by atomic mass is 32.2. The average molecular weight is 643 g/mol. The quantitative estimate of drug-likeness (QED) is 0.271. The average Bonchev–Trinajstić information content (AvgIpc) is 3.55. The number of hydrogen-bond acceptors (Lipinski definition) is 8. The third-order valence-corrected chi connectivity index (χ3v) is 10.9. The fraction of sp³-hybridized carbons (Fsp3) is 0.250. The van der Waals surface area contributed by atoms with E-state index in [4.69, 9.17) is 5.73 Å². The van der Waals surface area contributed by atoms with Gasteiger partial charge in [-0.25, -0.2) is 40.6 Å². The molecule has 6 rings (SSSR count). The number of aromatic nitrogens is 5. The Balaban J connectivity index is 1.28. The maximum atomic E-state index is 15.3. The fourth-order valence-electron chi connectivity index (χ4n) is 5.33. The van der Waals surface area contributed by atoms with E-state index < -0.39 is 31.7 Å². The first-order valence-electron chi connectivity index (χ1n) is 13.5. The van der Waals surface area contributed by atoms with E-state index in [9.17, 15) is 21.2 Å². The van der Waals surface area contributed by atoms with Crippen LogP contribution < -0.4 is 10.5 Å². The number of halogens is 2. The Labute approximate surface area is 252 Å². The molecule has 3 aromatic heterocycles. The van der Waals surface area contributed by atoms with E-state index in [1.807, 2.05) is 4.57 Å². The van der Waals surface area contributed by atoms with Crippen molar-refractivity contribution in [2.24, 2.45) is 7.05 Å². The molecule has 44 heavy (non-hydrogen) atoms. The molecule has 1 fully saturated rings. The van der Waals surface area contributed by atoms with Crippen LogP contribution in [0.15, 0.2) is 71.1 Å². The molecule has 1 aliphatic heterocycles. The Kier molecular flexibility index (Phi) is 7.37. The molecule has 0 spiro atoms. The van der Waals surface area contributed by atoms with E-state index in [0.717, 1.165) is 24.3 Å². The summed E-state index contributed by atoms with van der Waals surface area (Å²) < 4.78 is 87.6. The van der Waals surface area contributed by atoms with Crippen LogP contribution in [0.3, 0.4) is 0 Å². The van der Waals surface area contributed by atoms with Crippen LogP contribution >= 0.6 is 0 Å². The van der Waals surface area contributed by atoms with Gasteiger partial charge in [-0.2, -0.15) is 4.31 Å². The number of sulfonamides is 2. The molecule has 0 saturated carbocycles. The van der Waals surface area contributed by atoms with Crippen molar-refractivity contribution in [3.63, 3.8) is 0 Å². The Morgan fingerprint density at radius 2 is 1.68 bits per heavy atom. The number of nitrogen functional groups attached to an aromatic ring is 1. The van der Waals surface area contributed by atoms with E-state index in [-0.39, 0.29) is 40.6 Å². The largest absolute Gasteiger partial charge is 0.383 e. The zero-order valence-electron chi connectivity index (χ0n) is 23.6. The lowest BCUT2D eigenvalue weighted by Crippen LogP contribution is -2.39. The third-order valence-electron chi connectivity index (χ3n) is 7.79. The highest BCUT2D eigenvalue weighted by Crippen LogP contribution is 2.38. The van der Waals surface area contributed by atoms with Gasteiger partial charge in [0.15, 0.2) is 5.03 Å². The Morgan fingerprint density at radius 3 is 2.32 bits per heavy atom.